The number of nitrogens with two attached hydrogens (primary N) is 1. The number of hydrogen-bond acceptors (Lipinski definition) is 4. The van der Waals surface area contributed by atoms with Crippen LogP contribution in [0.1, 0.15) is 20.3 Å². The van der Waals surface area contributed by atoms with E-state index in [0.29, 0.717) is 11.2 Å². The van der Waals surface area contributed by atoms with Crippen molar-refractivity contribution in [3.05, 3.63) is 6.07 Å². The van der Waals surface area contributed by atoms with E-state index >= 15 is 0 Å². The molecule has 13 heavy (non-hydrogen) atoms. The quantitative estimate of drug-likeness (QED) is 0.781. The summed E-state index contributed by atoms with van der Waals surface area (Å²) in [5.41, 5.74) is 6.06. The Morgan fingerprint density at radius 2 is 2.46 bits per heavy atom. The maximum absolute atomic E-state index is 5.51. The average Bonchev–Trinajstić information content (AvgIpc) is 2.45. The highest BCUT2D eigenvalue weighted by molar-refractivity contribution is 7.10. The fourth-order valence-electron chi connectivity index (χ4n) is 1.52. The molecule has 0 spiro atoms. The van der Waals surface area contributed by atoms with Gasteiger partial charge >= 0.3 is 0 Å². The van der Waals surface area contributed by atoms with Gasteiger partial charge in [0.1, 0.15) is 10.8 Å². The molecule has 0 bridgehead atoms. The lowest BCUT2D eigenvalue weighted by molar-refractivity contribution is 0.573. The Morgan fingerprint density at radius 3 is 2.92 bits per heavy atom. The van der Waals surface area contributed by atoms with Gasteiger partial charge in [0.15, 0.2) is 0 Å². The summed E-state index contributed by atoms with van der Waals surface area (Å²) in [6.07, 6.45) is 1.33. The molecule has 1 heterocycles. The Morgan fingerprint density at radius 1 is 1.77 bits per heavy atom. The molecule has 0 aliphatic heterocycles. The van der Waals surface area contributed by atoms with E-state index in [0.717, 1.165) is 17.5 Å². The van der Waals surface area contributed by atoms with Gasteiger partial charge in [-0.15, -0.1) is 0 Å². The molecule has 0 radical (unpaired) electrons. The number of nitrogens with zero attached hydrogens (tertiary/aromatic N) is 1. The van der Waals surface area contributed by atoms with Crippen LogP contribution < -0.4 is 11.1 Å². The van der Waals surface area contributed by atoms with Gasteiger partial charge in [0, 0.05) is 12.6 Å². The van der Waals surface area contributed by atoms with E-state index in [9.17, 15) is 0 Å². The SMILES string of the molecule is CC1(C)CC1CNc1cc(N)ns1. The van der Waals surface area contributed by atoms with Gasteiger partial charge in [0.25, 0.3) is 0 Å². The first-order valence-electron chi connectivity index (χ1n) is 4.54. The summed E-state index contributed by atoms with van der Waals surface area (Å²) >= 11 is 1.43. The van der Waals surface area contributed by atoms with Crippen LogP contribution in [0.2, 0.25) is 0 Å². The molecule has 72 valence electrons. The maximum Gasteiger partial charge on any atom is 0.139 e. The molecule has 3 N–H and O–H groups in total. The van der Waals surface area contributed by atoms with Crippen LogP contribution in [0.15, 0.2) is 6.07 Å². The molecular weight excluding hydrogens is 182 g/mol. The second-order valence-corrected chi connectivity index (χ2v) is 5.19. The van der Waals surface area contributed by atoms with Crippen molar-refractivity contribution in [2.45, 2.75) is 20.3 Å². The number of nitrogens with one attached hydrogen (secondary N) is 1. The lowest BCUT2D eigenvalue weighted by atomic mass is 10.1. The van der Waals surface area contributed by atoms with Crippen molar-refractivity contribution in [1.82, 2.24) is 4.37 Å². The Hall–Kier alpha value is -0.770. The molecule has 3 nitrogen and oxygen atoms in total. The molecule has 0 aromatic carbocycles. The van der Waals surface area contributed by atoms with Crippen molar-refractivity contribution in [3.63, 3.8) is 0 Å². The number of anilines is 2. The fraction of sp³-hybridized carbons (Fsp3) is 0.667. The van der Waals surface area contributed by atoms with Crippen LogP contribution in [0.5, 0.6) is 0 Å². The standard InChI is InChI=1S/C9H15N3S/c1-9(2)4-6(9)5-11-8-3-7(10)12-13-8/h3,6,11H,4-5H2,1-2H3,(H2,10,12). The topological polar surface area (TPSA) is 50.9 Å². The predicted octanol–water partition coefficient (Wildman–Crippen LogP) is 2.18. The minimum atomic E-state index is 0.545. The highest BCUT2D eigenvalue weighted by atomic mass is 32.1. The van der Waals surface area contributed by atoms with E-state index in [1.165, 1.54) is 18.0 Å². The van der Waals surface area contributed by atoms with Crippen LogP contribution in [-0.4, -0.2) is 10.9 Å². The monoisotopic (exact) mass is 197 g/mol. The lowest BCUT2D eigenvalue weighted by Gasteiger charge is -2.03. The Kier molecular flexibility index (Phi) is 1.95. The second kappa shape index (κ2) is 2.87. The van der Waals surface area contributed by atoms with Crippen molar-refractivity contribution >= 4 is 22.4 Å². The van der Waals surface area contributed by atoms with Gasteiger partial charge in [-0.1, -0.05) is 13.8 Å². The molecular formula is C9H15N3S. The Balaban J connectivity index is 1.81. The smallest absolute Gasteiger partial charge is 0.139 e. The van der Waals surface area contributed by atoms with Crippen LogP contribution >= 0.6 is 11.5 Å². The van der Waals surface area contributed by atoms with E-state index in [4.69, 9.17) is 5.73 Å². The van der Waals surface area contributed by atoms with Gasteiger partial charge in [-0.25, -0.2) is 0 Å². The fourth-order valence-corrected chi connectivity index (χ4v) is 2.10. The van der Waals surface area contributed by atoms with Crippen LogP contribution in [-0.2, 0) is 0 Å². The number of nitrogen functional groups attached to an aromatic ring is 1. The average molecular weight is 197 g/mol. The third kappa shape index (κ3) is 1.94. The minimum absolute atomic E-state index is 0.545. The predicted molar refractivity (Wildman–Crippen MR) is 56.9 cm³/mol. The third-order valence-electron chi connectivity index (χ3n) is 2.77. The summed E-state index contributed by atoms with van der Waals surface area (Å²) in [4.78, 5) is 0. The second-order valence-electron chi connectivity index (χ2n) is 4.39. The van der Waals surface area contributed by atoms with Crippen molar-refractivity contribution in [1.29, 1.82) is 0 Å². The molecule has 1 aliphatic rings. The van der Waals surface area contributed by atoms with Crippen LogP contribution in [0.3, 0.4) is 0 Å². The summed E-state index contributed by atoms with van der Waals surface area (Å²) in [5.74, 6) is 1.43. The zero-order valence-corrected chi connectivity index (χ0v) is 8.82. The summed E-state index contributed by atoms with van der Waals surface area (Å²) in [6, 6.07) is 1.89. The van der Waals surface area contributed by atoms with Gasteiger partial charge in [0.2, 0.25) is 0 Å². The highest BCUT2D eigenvalue weighted by Crippen LogP contribution is 2.51. The molecule has 4 heteroatoms. The zero-order valence-electron chi connectivity index (χ0n) is 8.00. The van der Waals surface area contributed by atoms with E-state index in [-0.39, 0.29) is 0 Å². The van der Waals surface area contributed by atoms with E-state index in [1.807, 2.05) is 6.07 Å². The first-order valence-corrected chi connectivity index (χ1v) is 5.31. The third-order valence-corrected chi connectivity index (χ3v) is 3.53. The normalized spacial score (nSPS) is 24.3. The van der Waals surface area contributed by atoms with E-state index in [1.54, 1.807) is 0 Å². The minimum Gasteiger partial charge on any atom is -0.383 e. The van der Waals surface area contributed by atoms with Crippen molar-refractivity contribution in [3.8, 4) is 0 Å². The number of aromatic nitrogens is 1. The molecule has 0 saturated heterocycles. The molecule has 1 aromatic rings. The van der Waals surface area contributed by atoms with E-state index < -0.39 is 0 Å². The van der Waals surface area contributed by atoms with E-state index in [2.05, 4.69) is 23.5 Å². The lowest BCUT2D eigenvalue weighted by Crippen LogP contribution is -2.05. The summed E-state index contributed by atoms with van der Waals surface area (Å²) < 4.78 is 4.01. The van der Waals surface area contributed by atoms with Gasteiger partial charge in [-0.2, -0.15) is 4.37 Å². The molecule has 1 saturated carbocycles. The largest absolute Gasteiger partial charge is 0.383 e. The van der Waals surface area contributed by atoms with Gasteiger partial charge < -0.3 is 11.1 Å². The Bertz CT molecular complexity index is 306. The molecule has 1 fully saturated rings. The zero-order chi connectivity index (χ0) is 9.47. The summed E-state index contributed by atoms with van der Waals surface area (Å²) in [7, 11) is 0. The molecule has 1 aliphatic carbocycles. The first kappa shape index (κ1) is 8.81. The number of rotatable bonds is 3. The van der Waals surface area contributed by atoms with Gasteiger partial charge in [-0.05, 0) is 29.3 Å². The van der Waals surface area contributed by atoms with Crippen LogP contribution in [0.25, 0.3) is 0 Å². The number of hydrogen-bond donors (Lipinski definition) is 2. The first-order chi connectivity index (χ1) is 6.08. The Labute approximate surface area is 82.5 Å². The van der Waals surface area contributed by atoms with Crippen molar-refractivity contribution in [2.75, 3.05) is 17.6 Å². The van der Waals surface area contributed by atoms with Crippen LogP contribution in [0.4, 0.5) is 10.8 Å². The summed E-state index contributed by atoms with van der Waals surface area (Å²) in [6.45, 7) is 5.66. The van der Waals surface area contributed by atoms with Crippen molar-refractivity contribution < 1.29 is 0 Å². The molecule has 0 amide bonds. The van der Waals surface area contributed by atoms with Crippen LogP contribution in [0, 0.1) is 11.3 Å². The summed E-state index contributed by atoms with van der Waals surface area (Å²) in [5, 5.41) is 4.44. The molecule has 2 rings (SSSR count). The van der Waals surface area contributed by atoms with Gasteiger partial charge in [-0.3, -0.25) is 0 Å². The molecule has 1 aromatic heterocycles. The van der Waals surface area contributed by atoms with Gasteiger partial charge in [0.05, 0.1) is 0 Å². The maximum atomic E-state index is 5.51. The highest BCUT2D eigenvalue weighted by Gasteiger charge is 2.44. The molecule has 1 unspecified atom stereocenters. The van der Waals surface area contributed by atoms with Crippen molar-refractivity contribution in [2.24, 2.45) is 11.3 Å². The molecule has 1 atom stereocenters.